The third kappa shape index (κ3) is 3.47. The van der Waals surface area contributed by atoms with Crippen molar-refractivity contribution in [2.75, 3.05) is 12.4 Å². The molecule has 0 atom stereocenters. The van der Waals surface area contributed by atoms with Crippen molar-refractivity contribution in [3.05, 3.63) is 57.4 Å². The molecule has 2 aromatic carbocycles. The maximum absolute atomic E-state index is 12.7. The normalized spacial score (nSPS) is 11.0. The SMILES string of the molecule is CCc1nnc2sc(-c3ccc(OC)c(NC(=O)c4ccccc4I)c3)nn12. The number of fused-ring (bicyclic) bond motifs is 1. The molecule has 9 heteroatoms. The Labute approximate surface area is 178 Å². The number of ether oxygens (including phenoxy) is 1. The molecule has 0 radical (unpaired) electrons. The first-order valence-electron chi connectivity index (χ1n) is 8.56. The van der Waals surface area contributed by atoms with E-state index in [4.69, 9.17) is 4.74 Å². The summed E-state index contributed by atoms with van der Waals surface area (Å²) in [7, 11) is 1.58. The molecule has 1 amide bonds. The van der Waals surface area contributed by atoms with E-state index in [1.54, 1.807) is 17.7 Å². The monoisotopic (exact) mass is 505 g/mol. The van der Waals surface area contributed by atoms with Crippen molar-refractivity contribution in [1.29, 1.82) is 0 Å². The number of rotatable bonds is 5. The van der Waals surface area contributed by atoms with E-state index in [1.165, 1.54) is 11.3 Å². The van der Waals surface area contributed by atoms with E-state index < -0.39 is 0 Å². The van der Waals surface area contributed by atoms with Gasteiger partial charge in [-0.05, 0) is 52.9 Å². The van der Waals surface area contributed by atoms with Gasteiger partial charge in [-0.25, -0.2) is 0 Å². The minimum Gasteiger partial charge on any atom is -0.495 e. The number of anilines is 1. The van der Waals surface area contributed by atoms with Gasteiger partial charge in [-0.3, -0.25) is 4.79 Å². The van der Waals surface area contributed by atoms with Crippen LogP contribution in [0.15, 0.2) is 42.5 Å². The largest absolute Gasteiger partial charge is 0.495 e. The summed E-state index contributed by atoms with van der Waals surface area (Å²) in [5.41, 5.74) is 2.07. The predicted octanol–water partition coefficient (Wildman–Crippen LogP) is 4.28. The zero-order valence-electron chi connectivity index (χ0n) is 15.1. The molecule has 0 saturated heterocycles. The van der Waals surface area contributed by atoms with Crippen LogP contribution in [-0.4, -0.2) is 32.8 Å². The molecule has 0 fully saturated rings. The summed E-state index contributed by atoms with van der Waals surface area (Å²) in [5, 5.41) is 16.6. The van der Waals surface area contributed by atoms with Crippen LogP contribution >= 0.6 is 33.9 Å². The fourth-order valence-electron chi connectivity index (χ4n) is 2.77. The summed E-state index contributed by atoms with van der Waals surface area (Å²) in [6, 6.07) is 13.0. The van der Waals surface area contributed by atoms with Crippen LogP contribution in [0.3, 0.4) is 0 Å². The van der Waals surface area contributed by atoms with Gasteiger partial charge in [0.15, 0.2) is 5.82 Å². The van der Waals surface area contributed by atoms with Crippen LogP contribution in [-0.2, 0) is 6.42 Å². The topological polar surface area (TPSA) is 81.4 Å². The van der Waals surface area contributed by atoms with Crippen LogP contribution in [0.2, 0.25) is 0 Å². The van der Waals surface area contributed by atoms with Gasteiger partial charge in [-0.15, -0.1) is 10.2 Å². The minimum absolute atomic E-state index is 0.188. The molecule has 0 aliphatic carbocycles. The van der Waals surface area contributed by atoms with Crippen molar-refractivity contribution in [1.82, 2.24) is 19.8 Å². The molecule has 28 heavy (non-hydrogen) atoms. The van der Waals surface area contributed by atoms with Crippen molar-refractivity contribution in [3.63, 3.8) is 0 Å². The van der Waals surface area contributed by atoms with Crippen molar-refractivity contribution in [2.45, 2.75) is 13.3 Å². The number of hydrogen-bond acceptors (Lipinski definition) is 6. The van der Waals surface area contributed by atoms with Crippen LogP contribution in [0.25, 0.3) is 15.5 Å². The number of methoxy groups -OCH3 is 1. The fourth-order valence-corrected chi connectivity index (χ4v) is 4.26. The Bertz CT molecular complexity index is 1170. The molecule has 7 nitrogen and oxygen atoms in total. The van der Waals surface area contributed by atoms with Gasteiger partial charge < -0.3 is 10.1 Å². The summed E-state index contributed by atoms with van der Waals surface area (Å²) in [5.74, 6) is 1.21. The standard InChI is InChI=1S/C19H16IN5O2S/c1-3-16-22-23-19-25(16)24-18(28-19)11-8-9-15(27-2)14(10-11)21-17(26)12-6-4-5-7-13(12)20/h4-10H,3H2,1-2H3,(H,21,26). The first-order valence-corrected chi connectivity index (χ1v) is 10.5. The fraction of sp³-hybridized carbons (Fsp3) is 0.158. The van der Waals surface area contributed by atoms with Gasteiger partial charge in [0.05, 0.1) is 18.4 Å². The quantitative estimate of drug-likeness (QED) is 0.410. The van der Waals surface area contributed by atoms with Crippen LogP contribution in [0.1, 0.15) is 23.1 Å². The second-order valence-corrected chi connectivity index (χ2v) is 8.04. The average molecular weight is 505 g/mol. The zero-order valence-corrected chi connectivity index (χ0v) is 18.1. The third-order valence-corrected chi connectivity index (χ3v) is 6.07. The lowest BCUT2D eigenvalue weighted by molar-refractivity contribution is 0.102. The second kappa shape index (κ2) is 7.84. The van der Waals surface area contributed by atoms with Gasteiger partial charge in [0.2, 0.25) is 4.96 Å². The number of nitrogens with zero attached hydrogens (tertiary/aromatic N) is 4. The first-order chi connectivity index (χ1) is 13.6. The Kier molecular flexibility index (Phi) is 5.27. The third-order valence-electron chi connectivity index (χ3n) is 4.18. The molecule has 0 bridgehead atoms. The Hall–Kier alpha value is -2.53. The molecule has 0 spiro atoms. The van der Waals surface area contributed by atoms with E-state index in [0.29, 0.717) is 17.0 Å². The van der Waals surface area contributed by atoms with Crippen molar-refractivity contribution >= 4 is 50.5 Å². The number of halogens is 1. The van der Waals surface area contributed by atoms with Crippen LogP contribution in [0.4, 0.5) is 5.69 Å². The molecule has 0 aliphatic heterocycles. The minimum atomic E-state index is -0.188. The van der Waals surface area contributed by atoms with Gasteiger partial charge >= 0.3 is 0 Å². The highest BCUT2D eigenvalue weighted by molar-refractivity contribution is 14.1. The lowest BCUT2D eigenvalue weighted by Crippen LogP contribution is -2.14. The summed E-state index contributed by atoms with van der Waals surface area (Å²) in [4.78, 5) is 13.5. The highest BCUT2D eigenvalue weighted by Crippen LogP contribution is 2.33. The van der Waals surface area contributed by atoms with E-state index in [0.717, 1.165) is 31.3 Å². The first kappa shape index (κ1) is 18.8. The van der Waals surface area contributed by atoms with E-state index >= 15 is 0 Å². The van der Waals surface area contributed by atoms with Crippen LogP contribution in [0.5, 0.6) is 5.75 Å². The Morgan fingerprint density at radius 3 is 2.82 bits per heavy atom. The lowest BCUT2D eigenvalue weighted by Gasteiger charge is -2.12. The summed E-state index contributed by atoms with van der Waals surface area (Å²) < 4.78 is 8.06. The molecular weight excluding hydrogens is 489 g/mol. The smallest absolute Gasteiger partial charge is 0.256 e. The Morgan fingerprint density at radius 1 is 1.25 bits per heavy atom. The molecule has 0 aliphatic rings. The van der Waals surface area contributed by atoms with Gasteiger partial charge in [0.25, 0.3) is 5.91 Å². The van der Waals surface area contributed by atoms with Gasteiger partial charge in [0, 0.05) is 15.6 Å². The molecule has 0 unspecified atom stereocenters. The number of benzene rings is 2. The number of nitrogens with one attached hydrogen (secondary N) is 1. The molecule has 142 valence electrons. The van der Waals surface area contributed by atoms with Crippen molar-refractivity contribution < 1.29 is 9.53 Å². The molecule has 2 aromatic heterocycles. The number of carbonyl (C=O) groups is 1. The highest BCUT2D eigenvalue weighted by Gasteiger charge is 2.16. The van der Waals surface area contributed by atoms with Crippen LogP contribution in [0, 0.1) is 3.57 Å². The predicted molar refractivity (Wildman–Crippen MR) is 117 cm³/mol. The number of hydrogen-bond donors (Lipinski definition) is 1. The molecule has 1 N–H and O–H groups in total. The van der Waals surface area contributed by atoms with Crippen molar-refractivity contribution in [3.8, 4) is 16.3 Å². The summed E-state index contributed by atoms with van der Waals surface area (Å²) in [6.45, 7) is 2.02. The summed E-state index contributed by atoms with van der Waals surface area (Å²) >= 11 is 3.60. The molecule has 0 saturated carbocycles. The zero-order chi connectivity index (χ0) is 19.7. The van der Waals surface area contributed by atoms with Crippen molar-refractivity contribution in [2.24, 2.45) is 0 Å². The molecule has 2 heterocycles. The van der Waals surface area contributed by atoms with Gasteiger partial charge in [0.1, 0.15) is 10.8 Å². The molecule has 4 rings (SSSR count). The Morgan fingerprint density at radius 2 is 2.07 bits per heavy atom. The molecule has 4 aromatic rings. The second-order valence-electron chi connectivity index (χ2n) is 5.92. The Balaban J connectivity index is 1.70. The lowest BCUT2D eigenvalue weighted by atomic mass is 10.1. The number of carbonyl (C=O) groups excluding carboxylic acids is 1. The maximum atomic E-state index is 12.7. The van der Waals surface area contributed by atoms with E-state index in [-0.39, 0.29) is 5.91 Å². The van der Waals surface area contributed by atoms with Gasteiger partial charge in [-0.2, -0.15) is 9.61 Å². The van der Waals surface area contributed by atoms with Gasteiger partial charge in [-0.1, -0.05) is 30.4 Å². The summed E-state index contributed by atoms with van der Waals surface area (Å²) in [6.07, 6.45) is 0.754. The number of aromatic nitrogens is 4. The highest BCUT2D eigenvalue weighted by atomic mass is 127. The average Bonchev–Trinajstić information content (AvgIpc) is 3.28. The van der Waals surface area contributed by atoms with E-state index in [1.807, 2.05) is 43.3 Å². The van der Waals surface area contributed by atoms with E-state index in [9.17, 15) is 4.79 Å². The number of amides is 1. The van der Waals surface area contributed by atoms with Crippen LogP contribution < -0.4 is 10.1 Å². The molecular formula is C19H16IN5O2S. The maximum Gasteiger partial charge on any atom is 0.256 e. The van der Waals surface area contributed by atoms with E-state index in [2.05, 4.69) is 43.2 Å². The number of aryl methyl sites for hydroxylation is 1.